The minimum atomic E-state index is -0.291. The highest BCUT2D eigenvalue weighted by molar-refractivity contribution is 6.21. The quantitative estimate of drug-likeness (QED) is 0.465. The number of alkyl halides is 1. The summed E-state index contributed by atoms with van der Waals surface area (Å²) >= 11 is 6.38. The lowest BCUT2D eigenvalue weighted by Gasteiger charge is -2.23. The Morgan fingerprint density at radius 2 is 1.57 bits per heavy atom. The molecule has 2 nitrogen and oxygen atoms in total. The van der Waals surface area contributed by atoms with Gasteiger partial charge in [0.15, 0.2) is 0 Å². The fourth-order valence-electron chi connectivity index (χ4n) is 3.49. The lowest BCUT2D eigenvalue weighted by atomic mass is 10.0. The van der Waals surface area contributed by atoms with Crippen LogP contribution in [-0.2, 0) is 4.74 Å². The molecule has 23 heavy (non-hydrogen) atoms. The van der Waals surface area contributed by atoms with Gasteiger partial charge in [0.1, 0.15) is 6.10 Å². The average molecular weight is 325 g/mol. The average Bonchev–Trinajstić information content (AvgIpc) is 3.19. The predicted octanol–water partition coefficient (Wildman–Crippen LogP) is 4.69. The second-order valence-electron chi connectivity index (χ2n) is 6.21. The summed E-state index contributed by atoms with van der Waals surface area (Å²) in [5.74, 6) is 0.330. The van der Waals surface area contributed by atoms with Crippen LogP contribution in [0.15, 0.2) is 66.7 Å². The first kappa shape index (κ1) is 14.5. The largest absolute Gasteiger partial charge is 0.457 e. The number of rotatable bonds is 3. The van der Waals surface area contributed by atoms with Crippen molar-refractivity contribution in [2.24, 2.45) is 11.8 Å². The molecule has 0 radical (unpaired) electrons. The Balaban J connectivity index is 1.48. The fraction of sp³-hybridized carbons (Fsp3) is 0.250. The van der Waals surface area contributed by atoms with E-state index in [-0.39, 0.29) is 23.4 Å². The summed E-state index contributed by atoms with van der Waals surface area (Å²) in [5, 5.41) is -0.0995. The number of benzene rings is 2. The van der Waals surface area contributed by atoms with E-state index in [4.69, 9.17) is 16.3 Å². The highest BCUT2D eigenvalue weighted by Gasteiger charge is 2.46. The first-order valence-corrected chi connectivity index (χ1v) is 8.35. The second kappa shape index (κ2) is 5.86. The fourth-order valence-corrected chi connectivity index (χ4v) is 3.91. The van der Waals surface area contributed by atoms with Gasteiger partial charge in [0.2, 0.25) is 0 Å². The SMILES string of the molecule is O=C(OC1C2C=CC(C2)C1Cl)c1ccc(-c2ccccc2)cc1. The molecule has 0 N–H and O–H groups in total. The van der Waals surface area contributed by atoms with Crippen LogP contribution in [0.5, 0.6) is 0 Å². The molecule has 2 aromatic carbocycles. The Bertz CT molecular complexity index is 736. The number of hydrogen-bond donors (Lipinski definition) is 0. The van der Waals surface area contributed by atoms with E-state index in [0.717, 1.165) is 17.5 Å². The van der Waals surface area contributed by atoms with E-state index in [1.165, 1.54) is 0 Å². The first-order chi connectivity index (χ1) is 11.2. The van der Waals surface area contributed by atoms with Crippen LogP contribution in [0.2, 0.25) is 0 Å². The second-order valence-corrected chi connectivity index (χ2v) is 6.71. The van der Waals surface area contributed by atoms with Gasteiger partial charge in [-0.1, -0.05) is 54.6 Å². The molecular weight excluding hydrogens is 308 g/mol. The third-order valence-corrected chi connectivity index (χ3v) is 5.34. The topological polar surface area (TPSA) is 26.3 Å². The lowest BCUT2D eigenvalue weighted by molar-refractivity contribution is 0.0251. The van der Waals surface area contributed by atoms with E-state index >= 15 is 0 Å². The van der Waals surface area contributed by atoms with Crippen LogP contribution in [0.4, 0.5) is 0 Å². The summed E-state index contributed by atoms with van der Waals surface area (Å²) in [4.78, 5) is 12.4. The predicted molar refractivity (Wildman–Crippen MR) is 91.5 cm³/mol. The molecule has 0 amide bonds. The highest BCUT2D eigenvalue weighted by Crippen LogP contribution is 2.44. The molecule has 0 saturated heterocycles. The standard InChI is InChI=1S/C20H17ClO2/c21-18-16-10-11-17(12-16)19(18)23-20(22)15-8-6-14(7-9-15)13-4-2-1-3-5-13/h1-11,16-19H,12H2. The Kier molecular flexibility index (Phi) is 3.70. The van der Waals surface area contributed by atoms with Crippen LogP contribution in [0.1, 0.15) is 16.8 Å². The van der Waals surface area contributed by atoms with Gasteiger partial charge < -0.3 is 4.74 Å². The van der Waals surface area contributed by atoms with Crippen molar-refractivity contribution in [3.05, 3.63) is 72.3 Å². The van der Waals surface area contributed by atoms with Crippen molar-refractivity contribution in [2.45, 2.75) is 17.9 Å². The lowest BCUT2D eigenvalue weighted by Crippen LogP contribution is -2.31. The van der Waals surface area contributed by atoms with Gasteiger partial charge in [-0.15, -0.1) is 11.6 Å². The molecule has 2 aliphatic rings. The molecule has 4 rings (SSSR count). The molecule has 2 aliphatic carbocycles. The number of ether oxygens (including phenoxy) is 1. The van der Waals surface area contributed by atoms with Crippen molar-refractivity contribution in [2.75, 3.05) is 0 Å². The summed E-state index contributed by atoms with van der Waals surface area (Å²) in [6.45, 7) is 0. The molecule has 116 valence electrons. The van der Waals surface area contributed by atoms with Crippen LogP contribution in [0.25, 0.3) is 11.1 Å². The van der Waals surface area contributed by atoms with Crippen molar-refractivity contribution < 1.29 is 9.53 Å². The monoisotopic (exact) mass is 324 g/mol. The molecule has 1 fully saturated rings. The number of hydrogen-bond acceptors (Lipinski definition) is 2. The summed E-state index contributed by atoms with van der Waals surface area (Å²) in [5.41, 5.74) is 2.78. The van der Waals surface area contributed by atoms with Gasteiger partial charge in [-0.3, -0.25) is 0 Å². The maximum absolute atomic E-state index is 12.4. The van der Waals surface area contributed by atoms with Crippen LogP contribution in [0.3, 0.4) is 0 Å². The zero-order chi connectivity index (χ0) is 15.8. The summed E-state index contributed by atoms with van der Waals surface area (Å²) in [7, 11) is 0. The molecule has 3 heteroatoms. The van der Waals surface area contributed by atoms with E-state index < -0.39 is 0 Å². The van der Waals surface area contributed by atoms with Crippen molar-refractivity contribution in [1.82, 2.24) is 0 Å². The van der Waals surface area contributed by atoms with Gasteiger partial charge in [-0.2, -0.15) is 0 Å². The molecule has 2 bridgehead atoms. The van der Waals surface area contributed by atoms with Crippen LogP contribution in [0, 0.1) is 11.8 Å². The van der Waals surface area contributed by atoms with Crippen LogP contribution in [-0.4, -0.2) is 17.5 Å². The molecule has 0 aliphatic heterocycles. The van der Waals surface area contributed by atoms with E-state index in [0.29, 0.717) is 11.5 Å². The van der Waals surface area contributed by atoms with E-state index in [1.807, 2.05) is 54.6 Å². The number of fused-ring (bicyclic) bond motifs is 2. The normalized spacial score (nSPS) is 28.0. The molecule has 2 aromatic rings. The minimum absolute atomic E-state index is 0.0995. The smallest absolute Gasteiger partial charge is 0.338 e. The van der Waals surface area contributed by atoms with Crippen LogP contribution < -0.4 is 0 Å². The maximum atomic E-state index is 12.4. The van der Waals surface area contributed by atoms with Gasteiger partial charge in [0.05, 0.1) is 10.9 Å². The number of carbonyl (C=O) groups excluding carboxylic acids is 1. The van der Waals surface area contributed by atoms with Gasteiger partial charge in [0, 0.05) is 5.92 Å². The van der Waals surface area contributed by atoms with Gasteiger partial charge in [-0.25, -0.2) is 4.79 Å². The number of esters is 1. The summed E-state index contributed by atoms with van der Waals surface area (Å²) in [6.07, 6.45) is 5.06. The van der Waals surface area contributed by atoms with Gasteiger partial charge in [-0.05, 0) is 35.6 Å². The summed E-state index contributed by atoms with van der Waals surface area (Å²) < 4.78 is 5.67. The Labute approximate surface area is 140 Å². The van der Waals surface area contributed by atoms with E-state index in [9.17, 15) is 4.79 Å². The molecule has 1 saturated carbocycles. The maximum Gasteiger partial charge on any atom is 0.338 e. The number of allylic oxidation sites excluding steroid dienone is 1. The first-order valence-electron chi connectivity index (χ1n) is 7.91. The van der Waals surface area contributed by atoms with Crippen molar-refractivity contribution in [1.29, 1.82) is 0 Å². The minimum Gasteiger partial charge on any atom is -0.457 e. The zero-order valence-corrected chi connectivity index (χ0v) is 13.3. The van der Waals surface area contributed by atoms with Crippen molar-refractivity contribution in [3.8, 4) is 11.1 Å². The molecule has 0 heterocycles. The third-order valence-electron chi connectivity index (χ3n) is 4.77. The van der Waals surface area contributed by atoms with Gasteiger partial charge >= 0.3 is 5.97 Å². The zero-order valence-electron chi connectivity index (χ0n) is 12.6. The number of halogens is 1. The Morgan fingerprint density at radius 1 is 0.913 bits per heavy atom. The molecule has 4 unspecified atom stereocenters. The summed E-state index contributed by atoms with van der Waals surface area (Å²) in [6, 6.07) is 17.6. The van der Waals surface area contributed by atoms with Crippen molar-refractivity contribution in [3.63, 3.8) is 0 Å². The molecular formula is C20H17ClO2. The molecule has 0 spiro atoms. The van der Waals surface area contributed by atoms with Crippen LogP contribution >= 0.6 is 11.6 Å². The number of carbonyl (C=O) groups is 1. The van der Waals surface area contributed by atoms with E-state index in [1.54, 1.807) is 0 Å². The highest BCUT2D eigenvalue weighted by atomic mass is 35.5. The van der Waals surface area contributed by atoms with Gasteiger partial charge in [0.25, 0.3) is 0 Å². The van der Waals surface area contributed by atoms with E-state index in [2.05, 4.69) is 12.2 Å². The van der Waals surface area contributed by atoms with Crippen molar-refractivity contribution >= 4 is 17.6 Å². The molecule has 0 aromatic heterocycles. The molecule has 4 atom stereocenters. The third kappa shape index (κ3) is 2.68. The Morgan fingerprint density at radius 3 is 2.22 bits per heavy atom. The Hall–Kier alpha value is -2.06.